The van der Waals surface area contributed by atoms with Crippen LogP contribution in [0.3, 0.4) is 0 Å². The van der Waals surface area contributed by atoms with E-state index in [4.69, 9.17) is 9.47 Å². The molecule has 2 aromatic heterocycles. The molecule has 0 atom stereocenters. The molecule has 29 heavy (non-hydrogen) atoms. The van der Waals surface area contributed by atoms with Gasteiger partial charge < -0.3 is 14.5 Å². The fourth-order valence-corrected chi connectivity index (χ4v) is 2.66. The Hall–Kier alpha value is -4.20. The molecule has 8 nitrogen and oxygen atoms in total. The first kappa shape index (κ1) is 18.2. The Morgan fingerprint density at radius 3 is 2.83 bits per heavy atom. The van der Waals surface area contributed by atoms with E-state index in [1.807, 2.05) is 24.3 Å². The minimum Gasteiger partial charge on any atom is -0.493 e. The van der Waals surface area contributed by atoms with Crippen LogP contribution in [0.2, 0.25) is 0 Å². The molecule has 0 bridgehead atoms. The van der Waals surface area contributed by atoms with Crippen LogP contribution in [0.4, 0.5) is 5.95 Å². The van der Waals surface area contributed by atoms with Gasteiger partial charge in [0.05, 0.1) is 29.9 Å². The lowest BCUT2D eigenvalue weighted by molar-refractivity contribution is 0.0729. The normalized spacial score (nSPS) is 10.9. The smallest absolute Gasteiger partial charge is 0.345 e. The summed E-state index contributed by atoms with van der Waals surface area (Å²) in [5, 5.41) is 4.18. The second-order valence-electron chi connectivity index (χ2n) is 6.01. The fraction of sp³-hybridized carbons (Fsp3) is 0.0476. The molecule has 0 aliphatic rings. The highest BCUT2D eigenvalue weighted by atomic mass is 16.6. The molecule has 0 radical (unpaired) electrons. The molecular formula is C21H17N5O3. The van der Waals surface area contributed by atoms with Crippen molar-refractivity contribution in [2.45, 2.75) is 0 Å². The molecule has 0 spiro atoms. The van der Waals surface area contributed by atoms with Gasteiger partial charge in [0.15, 0.2) is 11.5 Å². The molecule has 0 amide bonds. The molecule has 144 valence electrons. The van der Waals surface area contributed by atoms with Crippen LogP contribution >= 0.6 is 0 Å². The number of carbonyl (C=O) groups excluding carboxylic acids is 1. The van der Waals surface area contributed by atoms with Crippen LogP contribution < -0.4 is 14.9 Å². The highest BCUT2D eigenvalue weighted by Crippen LogP contribution is 2.28. The SMILES string of the molecule is COc1cc(C=NNc2nc3ccccc3[nH]2)ccc1OC(=O)c1cccnc1. The Morgan fingerprint density at radius 2 is 2.03 bits per heavy atom. The number of imidazole rings is 1. The maximum atomic E-state index is 12.2. The zero-order valence-corrected chi connectivity index (χ0v) is 15.5. The number of benzene rings is 2. The molecular weight excluding hydrogens is 370 g/mol. The Morgan fingerprint density at radius 1 is 1.14 bits per heavy atom. The van der Waals surface area contributed by atoms with Crippen molar-refractivity contribution in [2.24, 2.45) is 5.10 Å². The lowest BCUT2D eigenvalue weighted by Crippen LogP contribution is -2.09. The number of ether oxygens (including phenoxy) is 2. The molecule has 2 aromatic carbocycles. The number of carbonyl (C=O) groups is 1. The third-order valence-corrected chi connectivity index (χ3v) is 4.06. The maximum Gasteiger partial charge on any atom is 0.345 e. The monoisotopic (exact) mass is 387 g/mol. The van der Waals surface area contributed by atoms with Crippen LogP contribution in [0.15, 0.2) is 72.1 Å². The third-order valence-electron chi connectivity index (χ3n) is 4.06. The maximum absolute atomic E-state index is 12.2. The van der Waals surface area contributed by atoms with Gasteiger partial charge in [-0.2, -0.15) is 5.10 Å². The van der Waals surface area contributed by atoms with Gasteiger partial charge in [0.1, 0.15) is 0 Å². The first-order valence-corrected chi connectivity index (χ1v) is 8.77. The zero-order valence-electron chi connectivity index (χ0n) is 15.5. The van der Waals surface area contributed by atoms with Gasteiger partial charge in [-0.15, -0.1) is 0 Å². The Balaban J connectivity index is 1.45. The van der Waals surface area contributed by atoms with E-state index in [9.17, 15) is 4.79 Å². The first-order valence-electron chi connectivity index (χ1n) is 8.77. The Labute approximate surface area is 166 Å². The molecule has 4 aromatic rings. The number of para-hydroxylation sites is 2. The van der Waals surface area contributed by atoms with Gasteiger partial charge in [-0.05, 0) is 48.0 Å². The number of anilines is 1. The molecule has 0 fully saturated rings. The molecule has 4 rings (SSSR count). The van der Waals surface area contributed by atoms with Crippen molar-refractivity contribution >= 4 is 29.2 Å². The summed E-state index contributed by atoms with van der Waals surface area (Å²) in [6.45, 7) is 0. The summed E-state index contributed by atoms with van der Waals surface area (Å²) in [6.07, 6.45) is 4.65. The Bertz CT molecular complexity index is 1140. The number of esters is 1. The van der Waals surface area contributed by atoms with Gasteiger partial charge in [0.25, 0.3) is 0 Å². The number of hydrogen-bond acceptors (Lipinski definition) is 7. The number of H-pyrrole nitrogens is 1. The van der Waals surface area contributed by atoms with Gasteiger partial charge in [-0.1, -0.05) is 12.1 Å². The van der Waals surface area contributed by atoms with E-state index in [0.717, 1.165) is 16.6 Å². The summed E-state index contributed by atoms with van der Waals surface area (Å²) in [4.78, 5) is 23.6. The predicted molar refractivity (Wildman–Crippen MR) is 109 cm³/mol. The topological polar surface area (TPSA) is 101 Å². The quantitative estimate of drug-likeness (QED) is 0.227. The number of rotatable bonds is 6. The zero-order chi connectivity index (χ0) is 20.1. The van der Waals surface area contributed by atoms with Crippen LogP contribution in [-0.2, 0) is 0 Å². The van der Waals surface area contributed by atoms with E-state index in [-0.39, 0.29) is 0 Å². The number of pyridine rings is 1. The van der Waals surface area contributed by atoms with Gasteiger partial charge in [0, 0.05) is 12.4 Å². The number of hydrazone groups is 1. The van der Waals surface area contributed by atoms with Crippen molar-refractivity contribution in [1.29, 1.82) is 0 Å². The molecule has 0 aliphatic carbocycles. The van der Waals surface area contributed by atoms with E-state index < -0.39 is 5.97 Å². The summed E-state index contributed by atoms with van der Waals surface area (Å²) in [6, 6.07) is 16.1. The average molecular weight is 387 g/mol. The van der Waals surface area contributed by atoms with Gasteiger partial charge in [-0.3, -0.25) is 4.98 Å². The van der Waals surface area contributed by atoms with Gasteiger partial charge in [0.2, 0.25) is 5.95 Å². The lowest BCUT2D eigenvalue weighted by Gasteiger charge is -2.09. The molecule has 8 heteroatoms. The number of hydrogen-bond donors (Lipinski definition) is 2. The second kappa shape index (κ2) is 8.22. The molecule has 0 saturated carbocycles. The van der Waals surface area contributed by atoms with Crippen molar-refractivity contribution in [2.75, 3.05) is 12.5 Å². The third kappa shape index (κ3) is 4.22. The first-order chi connectivity index (χ1) is 14.2. The number of nitrogens with zero attached hydrogens (tertiary/aromatic N) is 3. The molecule has 0 aliphatic heterocycles. The van der Waals surface area contributed by atoms with Crippen molar-refractivity contribution in [3.63, 3.8) is 0 Å². The number of methoxy groups -OCH3 is 1. The summed E-state index contributed by atoms with van der Waals surface area (Å²) in [5.74, 6) is 0.750. The van der Waals surface area contributed by atoms with Crippen LogP contribution in [0.5, 0.6) is 11.5 Å². The van der Waals surface area contributed by atoms with E-state index in [0.29, 0.717) is 23.0 Å². The summed E-state index contributed by atoms with van der Waals surface area (Å²) < 4.78 is 10.7. The average Bonchev–Trinajstić information content (AvgIpc) is 3.18. The lowest BCUT2D eigenvalue weighted by atomic mass is 10.2. The summed E-state index contributed by atoms with van der Waals surface area (Å²) >= 11 is 0. The highest BCUT2D eigenvalue weighted by molar-refractivity contribution is 5.91. The van der Waals surface area contributed by atoms with Crippen molar-refractivity contribution in [3.05, 3.63) is 78.1 Å². The minimum atomic E-state index is -0.510. The highest BCUT2D eigenvalue weighted by Gasteiger charge is 2.12. The van der Waals surface area contributed by atoms with Crippen LogP contribution in [0, 0.1) is 0 Å². The molecule has 0 unspecified atom stereocenters. The van der Waals surface area contributed by atoms with Gasteiger partial charge in [-0.25, -0.2) is 15.2 Å². The Kier molecular flexibility index (Phi) is 5.15. The number of fused-ring (bicyclic) bond motifs is 1. The molecule has 2 heterocycles. The second-order valence-corrected chi connectivity index (χ2v) is 6.01. The number of nitrogens with one attached hydrogen (secondary N) is 2. The largest absolute Gasteiger partial charge is 0.493 e. The van der Waals surface area contributed by atoms with Crippen molar-refractivity contribution in [3.8, 4) is 11.5 Å². The number of aromatic nitrogens is 3. The van der Waals surface area contributed by atoms with Gasteiger partial charge >= 0.3 is 5.97 Å². The van der Waals surface area contributed by atoms with E-state index in [1.54, 1.807) is 42.7 Å². The van der Waals surface area contributed by atoms with Crippen LogP contribution in [-0.4, -0.2) is 34.2 Å². The predicted octanol–water partition coefficient (Wildman–Crippen LogP) is 3.63. The minimum absolute atomic E-state index is 0.309. The molecule has 2 N–H and O–H groups in total. The fourth-order valence-electron chi connectivity index (χ4n) is 2.66. The number of aromatic amines is 1. The molecule has 0 saturated heterocycles. The van der Waals surface area contributed by atoms with Crippen molar-refractivity contribution < 1.29 is 14.3 Å². The van der Waals surface area contributed by atoms with Crippen LogP contribution in [0.1, 0.15) is 15.9 Å². The summed E-state index contributed by atoms with van der Waals surface area (Å²) in [5.41, 5.74) is 5.75. The standard InChI is InChI=1S/C21H17N5O3/c1-28-19-11-14(8-9-18(19)29-20(27)15-5-4-10-22-13-15)12-23-26-21-24-16-6-2-3-7-17(16)25-21/h2-13H,1H3,(H2,24,25,26). The van der Waals surface area contributed by atoms with Crippen LogP contribution in [0.25, 0.3) is 11.0 Å². The van der Waals surface area contributed by atoms with E-state index in [1.165, 1.54) is 13.3 Å². The van der Waals surface area contributed by atoms with E-state index in [2.05, 4.69) is 25.5 Å². The summed E-state index contributed by atoms with van der Waals surface area (Å²) in [7, 11) is 1.50. The van der Waals surface area contributed by atoms with E-state index >= 15 is 0 Å². The van der Waals surface area contributed by atoms with Crippen molar-refractivity contribution in [1.82, 2.24) is 15.0 Å².